The summed E-state index contributed by atoms with van der Waals surface area (Å²) in [6, 6.07) is 10.8. The molecule has 5 rings (SSSR count). The van der Waals surface area contributed by atoms with E-state index in [0.29, 0.717) is 11.8 Å². The van der Waals surface area contributed by atoms with Gasteiger partial charge in [0, 0.05) is 52.1 Å². The van der Waals surface area contributed by atoms with Crippen LogP contribution in [0.1, 0.15) is 75.1 Å². The zero-order valence-electron chi connectivity index (χ0n) is 20.2. The Bertz CT molecular complexity index is 912. The quantitative estimate of drug-likeness (QED) is 0.657. The van der Waals surface area contributed by atoms with Gasteiger partial charge in [0.15, 0.2) is 0 Å². The van der Waals surface area contributed by atoms with Crippen molar-refractivity contribution in [3.63, 3.8) is 0 Å². The maximum absolute atomic E-state index is 13.0. The maximum atomic E-state index is 13.0. The van der Waals surface area contributed by atoms with Crippen molar-refractivity contribution in [2.45, 2.75) is 70.3 Å². The molecule has 1 atom stereocenters. The van der Waals surface area contributed by atoms with Crippen molar-refractivity contribution in [2.75, 3.05) is 26.2 Å². The molecule has 2 aliphatic heterocycles. The van der Waals surface area contributed by atoms with Crippen molar-refractivity contribution in [3.05, 3.63) is 48.0 Å². The van der Waals surface area contributed by atoms with Gasteiger partial charge in [-0.05, 0) is 36.2 Å². The van der Waals surface area contributed by atoms with Crippen LogP contribution in [0, 0.1) is 11.3 Å². The molecule has 0 radical (unpaired) electrons. The molecule has 178 valence electrons. The topological polar surface area (TPSA) is 54.3 Å². The SMILES string of the molecule is Cn1cnnc1C1CN(Cc2ccccc2)CC12CCN(C(=O)CCC1CCCCC1)CC2. The second-order valence-corrected chi connectivity index (χ2v) is 10.8. The summed E-state index contributed by atoms with van der Waals surface area (Å²) in [5.41, 5.74) is 1.54. The normalized spacial score (nSPS) is 23.9. The van der Waals surface area contributed by atoms with Crippen molar-refractivity contribution in [1.82, 2.24) is 24.6 Å². The first-order valence-corrected chi connectivity index (χ1v) is 13.0. The average Bonchev–Trinajstić information content (AvgIpc) is 3.42. The molecule has 3 aliphatic rings. The molecular formula is C27H39N5O. The number of carbonyl (C=O) groups is 1. The van der Waals surface area contributed by atoms with Crippen molar-refractivity contribution in [2.24, 2.45) is 18.4 Å². The predicted octanol–water partition coefficient (Wildman–Crippen LogP) is 4.38. The first kappa shape index (κ1) is 22.6. The van der Waals surface area contributed by atoms with E-state index in [0.717, 1.165) is 70.1 Å². The molecule has 2 aromatic rings. The average molecular weight is 450 g/mol. The predicted molar refractivity (Wildman–Crippen MR) is 130 cm³/mol. The molecule has 1 saturated carbocycles. The van der Waals surface area contributed by atoms with Crippen LogP contribution in [-0.4, -0.2) is 56.7 Å². The standard InChI is InChI=1S/C27H39N5O/c1-30-21-28-29-26(30)24-19-31(18-23-10-6-3-7-11-23)20-27(24)14-16-32(17-15-27)25(33)13-12-22-8-4-2-5-9-22/h3,6-7,10-11,21-22,24H,2,4-5,8-9,12-20H2,1H3. The lowest BCUT2D eigenvalue weighted by Crippen LogP contribution is -2.46. The molecule has 1 aromatic carbocycles. The summed E-state index contributed by atoms with van der Waals surface area (Å²) < 4.78 is 2.10. The largest absolute Gasteiger partial charge is 0.343 e. The second kappa shape index (κ2) is 9.96. The van der Waals surface area contributed by atoms with Crippen LogP contribution in [0.25, 0.3) is 0 Å². The van der Waals surface area contributed by atoms with E-state index in [1.54, 1.807) is 0 Å². The molecule has 0 N–H and O–H groups in total. The Labute approximate surface area is 198 Å². The minimum Gasteiger partial charge on any atom is -0.343 e. The number of carbonyl (C=O) groups excluding carboxylic acids is 1. The summed E-state index contributed by atoms with van der Waals surface area (Å²) in [4.78, 5) is 17.7. The first-order valence-electron chi connectivity index (χ1n) is 13.0. The van der Waals surface area contributed by atoms with Gasteiger partial charge in [-0.2, -0.15) is 0 Å². The van der Waals surface area contributed by atoms with E-state index < -0.39 is 0 Å². The minimum atomic E-state index is 0.176. The van der Waals surface area contributed by atoms with Crippen LogP contribution >= 0.6 is 0 Å². The zero-order chi connectivity index (χ0) is 22.7. The van der Waals surface area contributed by atoms with E-state index in [1.165, 1.54) is 37.7 Å². The van der Waals surface area contributed by atoms with Gasteiger partial charge >= 0.3 is 0 Å². The number of nitrogens with zero attached hydrogens (tertiary/aromatic N) is 5. The fraction of sp³-hybridized carbons (Fsp3) is 0.667. The number of hydrogen-bond acceptors (Lipinski definition) is 4. The highest BCUT2D eigenvalue weighted by Crippen LogP contribution is 2.49. The molecule has 3 heterocycles. The molecule has 0 bridgehead atoms. The molecule has 1 spiro atoms. The van der Waals surface area contributed by atoms with Crippen LogP contribution in [0.3, 0.4) is 0 Å². The summed E-state index contributed by atoms with van der Waals surface area (Å²) in [6.45, 7) is 4.83. The van der Waals surface area contributed by atoms with E-state index >= 15 is 0 Å². The number of hydrogen-bond donors (Lipinski definition) is 0. The van der Waals surface area contributed by atoms with Crippen molar-refractivity contribution in [1.29, 1.82) is 0 Å². The fourth-order valence-electron chi connectivity index (χ4n) is 6.67. The smallest absolute Gasteiger partial charge is 0.222 e. The number of piperidine rings is 1. The van der Waals surface area contributed by atoms with Gasteiger partial charge < -0.3 is 9.47 Å². The van der Waals surface area contributed by atoms with Gasteiger partial charge in [-0.3, -0.25) is 9.69 Å². The Hall–Kier alpha value is -2.21. The molecular weight excluding hydrogens is 410 g/mol. The number of amides is 1. The highest BCUT2D eigenvalue weighted by molar-refractivity contribution is 5.76. The molecule has 1 aromatic heterocycles. The minimum absolute atomic E-state index is 0.176. The van der Waals surface area contributed by atoms with Crippen LogP contribution in [0.5, 0.6) is 0 Å². The van der Waals surface area contributed by atoms with Gasteiger partial charge in [-0.25, -0.2) is 0 Å². The van der Waals surface area contributed by atoms with E-state index in [9.17, 15) is 4.79 Å². The zero-order valence-corrected chi connectivity index (χ0v) is 20.2. The van der Waals surface area contributed by atoms with E-state index in [-0.39, 0.29) is 5.41 Å². The molecule has 6 nitrogen and oxygen atoms in total. The third-order valence-corrected chi connectivity index (χ3v) is 8.63. The molecule has 2 saturated heterocycles. The summed E-state index contributed by atoms with van der Waals surface area (Å²) in [6.07, 6.45) is 12.5. The summed E-state index contributed by atoms with van der Waals surface area (Å²) in [5, 5.41) is 8.73. The van der Waals surface area contributed by atoms with Gasteiger partial charge in [0.1, 0.15) is 12.2 Å². The van der Waals surface area contributed by atoms with E-state index in [4.69, 9.17) is 0 Å². The van der Waals surface area contributed by atoms with Crippen LogP contribution in [0.15, 0.2) is 36.7 Å². The van der Waals surface area contributed by atoms with Crippen molar-refractivity contribution < 1.29 is 4.79 Å². The van der Waals surface area contributed by atoms with E-state index in [2.05, 4.69) is 61.9 Å². The van der Waals surface area contributed by atoms with Gasteiger partial charge in [0.2, 0.25) is 5.91 Å². The Kier molecular flexibility index (Phi) is 6.81. The van der Waals surface area contributed by atoms with Gasteiger partial charge in [-0.15, -0.1) is 10.2 Å². The molecule has 6 heteroatoms. The van der Waals surface area contributed by atoms with E-state index in [1.807, 2.05) is 6.33 Å². The fourth-order valence-corrected chi connectivity index (χ4v) is 6.67. The first-order chi connectivity index (χ1) is 16.1. The molecule has 33 heavy (non-hydrogen) atoms. The molecule has 1 aliphatic carbocycles. The van der Waals surface area contributed by atoms with Crippen LogP contribution in [0.4, 0.5) is 0 Å². The van der Waals surface area contributed by atoms with Crippen molar-refractivity contribution in [3.8, 4) is 0 Å². The highest BCUT2D eigenvalue weighted by Gasteiger charge is 2.50. The van der Waals surface area contributed by atoms with Gasteiger partial charge in [-0.1, -0.05) is 62.4 Å². The number of aryl methyl sites for hydroxylation is 1. The summed E-state index contributed by atoms with van der Waals surface area (Å²) >= 11 is 0. The third kappa shape index (κ3) is 5.01. The van der Waals surface area contributed by atoms with Crippen LogP contribution in [-0.2, 0) is 18.4 Å². The lowest BCUT2D eigenvalue weighted by molar-refractivity contribution is -0.134. The Morgan fingerprint density at radius 2 is 1.85 bits per heavy atom. The third-order valence-electron chi connectivity index (χ3n) is 8.63. The maximum Gasteiger partial charge on any atom is 0.222 e. The van der Waals surface area contributed by atoms with Crippen molar-refractivity contribution >= 4 is 5.91 Å². The number of likely N-dealkylation sites (tertiary alicyclic amines) is 2. The van der Waals surface area contributed by atoms with Crippen LogP contribution < -0.4 is 0 Å². The molecule has 1 unspecified atom stereocenters. The molecule has 1 amide bonds. The summed E-state index contributed by atoms with van der Waals surface area (Å²) in [7, 11) is 2.06. The van der Waals surface area contributed by atoms with Gasteiger partial charge in [0.05, 0.1) is 0 Å². The Morgan fingerprint density at radius 3 is 2.55 bits per heavy atom. The van der Waals surface area contributed by atoms with Crippen LogP contribution in [0.2, 0.25) is 0 Å². The Morgan fingerprint density at radius 1 is 1.09 bits per heavy atom. The highest BCUT2D eigenvalue weighted by atomic mass is 16.2. The Balaban J connectivity index is 1.24. The molecule has 3 fully saturated rings. The lowest BCUT2D eigenvalue weighted by atomic mass is 9.70. The number of rotatable bonds is 6. The summed E-state index contributed by atoms with van der Waals surface area (Å²) in [5.74, 6) is 2.63. The lowest BCUT2D eigenvalue weighted by Gasteiger charge is -2.42. The number of aromatic nitrogens is 3. The monoisotopic (exact) mass is 449 g/mol. The second-order valence-electron chi connectivity index (χ2n) is 10.8. The number of benzene rings is 1. The van der Waals surface area contributed by atoms with Gasteiger partial charge in [0.25, 0.3) is 0 Å².